The predicted molar refractivity (Wildman–Crippen MR) is 106 cm³/mol. The Balaban J connectivity index is 1.88. The Hall–Kier alpha value is -0.830. The molecule has 0 bridgehead atoms. The van der Waals surface area contributed by atoms with E-state index >= 15 is 0 Å². The van der Waals surface area contributed by atoms with Gasteiger partial charge in [0.25, 0.3) is 0 Å². The van der Waals surface area contributed by atoms with Crippen molar-refractivity contribution in [3.8, 4) is 0 Å². The Morgan fingerprint density at radius 1 is 0.875 bits per heavy atom. The first-order chi connectivity index (χ1) is 11.7. The van der Waals surface area contributed by atoms with Crippen LogP contribution < -0.4 is 0 Å². The molecule has 136 valence electrons. The Morgan fingerprint density at radius 3 is 1.96 bits per heavy atom. The molecule has 0 N–H and O–H groups in total. The summed E-state index contributed by atoms with van der Waals surface area (Å²) in [5, 5.41) is 0. The summed E-state index contributed by atoms with van der Waals surface area (Å²) in [6.45, 7) is 2.80. The molecule has 1 aromatic carbocycles. The van der Waals surface area contributed by atoms with E-state index in [1.54, 1.807) is 12.1 Å². The van der Waals surface area contributed by atoms with Crippen molar-refractivity contribution < 1.29 is 9.53 Å². The van der Waals surface area contributed by atoms with Gasteiger partial charge in [-0.15, -0.1) is 0 Å². The Labute approximate surface area is 156 Å². The fourth-order valence-electron chi connectivity index (χ4n) is 2.81. The minimum Gasteiger partial charge on any atom is -0.462 e. The van der Waals surface area contributed by atoms with Gasteiger partial charge in [0.1, 0.15) is 0 Å². The third kappa shape index (κ3) is 10.9. The average Bonchev–Trinajstić information content (AvgIpc) is 2.59. The first-order valence-electron chi connectivity index (χ1n) is 9.66. The number of carbonyl (C=O) groups excluding carboxylic acids is 1. The van der Waals surface area contributed by atoms with E-state index in [1.807, 2.05) is 12.1 Å². The van der Waals surface area contributed by atoms with E-state index in [9.17, 15) is 4.79 Å². The summed E-state index contributed by atoms with van der Waals surface area (Å²) in [6, 6.07) is 7.34. The second kappa shape index (κ2) is 14.5. The maximum atomic E-state index is 11.9. The average molecular weight is 397 g/mol. The minimum absolute atomic E-state index is 0.223. The fourth-order valence-corrected chi connectivity index (χ4v) is 3.21. The Bertz CT molecular complexity index is 445. The summed E-state index contributed by atoms with van der Waals surface area (Å²) in [5.74, 6) is -0.223. The lowest BCUT2D eigenvalue weighted by Gasteiger charge is -2.05. The molecule has 0 aliphatic carbocycles. The smallest absolute Gasteiger partial charge is 0.338 e. The van der Waals surface area contributed by atoms with Gasteiger partial charge in [-0.05, 0) is 24.6 Å². The van der Waals surface area contributed by atoms with E-state index in [0.29, 0.717) is 12.2 Å². The lowest BCUT2D eigenvalue weighted by atomic mass is 10.1. The highest BCUT2D eigenvalue weighted by Gasteiger charge is 2.06. The summed E-state index contributed by atoms with van der Waals surface area (Å²) < 4.78 is 6.22. The van der Waals surface area contributed by atoms with Gasteiger partial charge in [0.15, 0.2) is 0 Å². The summed E-state index contributed by atoms with van der Waals surface area (Å²) in [5.41, 5.74) is 0.614. The molecule has 2 nitrogen and oxygen atoms in total. The van der Waals surface area contributed by atoms with Crippen molar-refractivity contribution >= 4 is 21.9 Å². The molecule has 0 fully saturated rings. The van der Waals surface area contributed by atoms with Crippen LogP contribution in [0.3, 0.4) is 0 Å². The van der Waals surface area contributed by atoms with Crippen molar-refractivity contribution in [2.75, 3.05) is 6.61 Å². The quantitative estimate of drug-likeness (QED) is 0.243. The van der Waals surface area contributed by atoms with Gasteiger partial charge < -0.3 is 4.74 Å². The summed E-state index contributed by atoms with van der Waals surface area (Å²) in [7, 11) is 0. The molecule has 0 aliphatic heterocycles. The van der Waals surface area contributed by atoms with Crippen LogP contribution in [0.2, 0.25) is 0 Å². The molecule has 0 radical (unpaired) electrons. The van der Waals surface area contributed by atoms with Gasteiger partial charge in [-0.3, -0.25) is 0 Å². The zero-order valence-corrected chi connectivity index (χ0v) is 16.8. The summed E-state index contributed by atoms with van der Waals surface area (Å²) >= 11 is 3.37. The van der Waals surface area contributed by atoms with Crippen molar-refractivity contribution in [1.82, 2.24) is 0 Å². The molecule has 1 aromatic rings. The van der Waals surface area contributed by atoms with E-state index in [1.165, 1.54) is 64.2 Å². The minimum atomic E-state index is -0.223. The first kappa shape index (κ1) is 21.2. The van der Waals surface area contributed by atoms with Crippen LogP contribution in [0.5, 0.6) is 0 Å². The number of halogens is 1. The normalized spacial score (nSPS) is 10.8. The van der Waals surface area contributed by atoms with Gasteiger partial charge in [-0.25, -0.2) is 4.79 Å². The number of hydrogen-bond acceptors (Lipinski definition) is 2. The van der Waals surface area contributed by atoms with Crippen molar-refractivity contribution in [2.45, 2.75) is 84.0 Å². The second-order valence-electron chi connectivity index (χ2n) is 6.54. The van der Waals surface area contributed by atoms with Crippen molar-refractivity contribution in [2.24, 2.45) is 0 Å². The first-order valence-corrected chi connectivity index (χ1v) is 10.5. The molecule has 0 amide bonds. The van der Waals surface area contributed by atoms with Gasteiger partial charge in [0.05, 0.1) is 12.2 Å². The topological polar surface area (TPSA) is 26.3 Å². The molecule has 0 aromatic heterocycles. The maximum Gasteiger partial charge on any atom is 0.338 e. The number of carbonyl (C=O) groups is 1. The van der Waals surface area contributed by atoms with E-state index in [2.05, 4.69) is 22.9 Å². The molecule has 3 heteroatoms. The van der Waals surface area contributed by atoms with Gasteiger partial charge in [0, 0.05) is 4.47 Å². The van der Waals surface area contributed by atoms with Gasteiger partial charge in [0.2, 0.25) is 0 Å². The predicted octanol–water partition coefficient (Wildman–Crippen LogP) is 7.31. The maximum absolute atomic E-state index is 11.9. The molecule has 0 aliphatic rings. The lowest BCUT2D eigenvalue weighted by Crippen LogP contribution is -2.06. The lowest BCUT2D eigenvalue weighted by molar-refractivity contribution is 0.0497. The Morgan fingerprint density at radius 2 is 1.42 bits per heavy atom. The number of rotatable bonds is 14. The number of ether oxygens (including phenoxy) is 1. The molecule has 0 heterocycles. The SMILES string of the molecule is CCCCCCCCCCCCCCOC(=O)c1cccc(Br)c1. The molecule has 0 unspecified atom stereocenters. The van der Waals surface area contributed by atoms with E-state index < -0.39 is 0 Å². The molecular formula is C21H33BrO2. The molecule has 24 heavy (non-hydrogen) atoms. The highest BCUT2D eigenvalue weighted by atomic mass is 79.9. The largest absolute Gasteiger partial charge is 0.462 e. The molecule has 0 atom stereocenters. The Kier molecular flexibility index (Phi) is 12.8. The molecule has 1 rings (SSSR count). The van der Waals surface area contributed by atoms with Gasteiger partial charge in [-0.2, -0.15) is 0 Å². The van der Waals surface area contributed by atoms with Gasteiger partial charge >= 0.3 is 5.97 Å². The van der Waals surface area contributed by atoms with Crippen LogP contribution in [-0.2, 0) is 4.74 Å². The zero-order chi connectivity index (χ0) is 17.5. The highest BCUT2D eigenvalue weighted by Crippen LogP contribution is 2.14. The second-order valence-corrected chi connectivity index (χ2v) is 7.45. The summed E-state index contributed by atoms with van der Waals surface area (Å²) in [4.78, 5) is 11.9. The van der Waals surface area contributed by atoms with Crippen LogP contribution in [0.25, 0.3) is 0 Å². The van der Waals surface area contributed by atoms with Crippen LogP contribution in [0.4, 0.5) is 0 Å². The van der Waals surface area contributed by atoms with E-state index in [-0.39, 0.29) is 5.97 Å². The van der Waals surface area contributed by atoms with Crippen molar-refractivity contribution in [3.63, 3.8) is 0 Å². The van der Waals surface area contributed by atoms with Gasteiger partial charge in [-0.1, -0.05) is 99.5 Å². The van der Waals surface area contributed by atoms with Crippen LogP contribution in [-0.4, -0.2) is 12.6 Å². The standard InChI is InChI=1S/C21H33BrO2/c1-2-3-4-5-6-7-8-9-10-11-12-13-17-24-21(23)19-15-14-16-20(22)18-19/h14-16,18H,2-13,17H2,1H3. The fraction of sp³-hybridized carbons (Fsp3) is 0.667. The van der Waals surface area contributed by atoms with E-state index in [4.69, 9.17) is 4.74 Å². The number of unbranched alkanes of at least 4 members (excludes halogenated alkanes) is 11. The molecule has 0 saturated carbocycles. The third-order valence-electron chi connectivity index (χ3n) is 4.29. The van der Waals surface area contributed by atoms with Crippen molar-refractivity contribution in [3.05, 3.63) is 34.3 Å². The van der Waals surface area contributed by atoms with Crippen LogP contribution >= 0.6 is 15.9 Å². The molecule has 0 spiro atoms. The van der Waals surface area contributed by atoms with E-state index in [0.717, 1.165) is 17.3 Å². The number of esters is 1. The number of hydrogen-bond donors (Lipinski definition) is 0. The summed E-state index contributed by atoms with van der Waals surface area (Å²) in [6.07, 6.45) is 15.8. The monoisotopic (exact) mass is 396 g/mol. The number of benzene rings is 1. The highest BCUT2D eigenvalue weighted by molar-refractivity contribution is 9.10. The van der Waals surface area contributed by atoms with Crippen LogP contribution in [0.1, 0.15) is 94.3 Å². The van der Waals surface area contributed by atoms with Crippen molar-refractivity contribution in [1.29, 1.82) is 0 Å². The third-order valence-corrected chi connectivity index (χ3v) is 4.78. The van der Waals surface area contributed by atoms with Crippen LogP contribution in [0, 0.1) is 0 Å². The zero-order valence-electron chi connectivity index (χ0n) is 15.2. The molecular weight excluding hydrogens is 364 g/mol. The van der Waals surface area contributed by atoms with Crippen LogP contribution in [0.15, 0.2) is 28.7 Å². The molecule has 0 saturated heterocycles.